The lowest BCUT2D eigenvalue weighted by molar-refractivity contribution is 0.0533. The molecule has 3 saturated heterocycles. The molecule has 3 aliphatic heterocycles. The van der Waals surface area contributed by atoms with Crippen LogP contribution in [-0.4, -0.2) is 39.4 Å². The van der Waals surface area contributed by atoms with Crippen molar-refractivity contribution in [3.05, 3.63) is 21.2 Å². The first kappa shape index (κ1) is 13.1. The van der Waals surface area contributed by atoms with Crippen LogP contribution in [0.3, 0.4) is 0 Å². The molecule has 0 radical (unpaired) electrons. The number of phenolic OH excluding ortho intramolecular Hbond substituents is 1. The van der Waals surface area contributed by atoms with E-state index in [0.29, 0.717) is 16.4 Å². The molecule has 6 heteroatoms. The van der Waals surface area contributed by atoms with Crippen LogP contribution in [0.4, 0.5) is 0 Å². The molecule has 1 N–H and O–H groups in total. The minimum Gasteiger partial charge on any atom is -0.506 e. The Balaban J connectivity index is 1.87. The molecule has 4 nitrogen and oxygen atoms in total. The van der Waals surface area contributed by atoms with E-state index >= 15 is 0 Å². The highest BCUT2D eigenvalue weighted by atomic mass is 79.9. The molecule has 0 spiro atoms. The molecular formula is C14H15Br2N3O. The average molecular weight is 401 g/mol. The Morgan fingerprint density at radius 1 is 1.20 bits per heavy atom. The Labute approximate surface area is 134 Å². The maximum absolute atomic E-state index is 10.2. The van der Waals surface area contributed by atoms with Crippen molar-refractivity contribution in [1.29, 1.82) is 0 Å². The smallest absolute Gasteiger partial charge is 0.140 e. The fraction of sp³-hybridized carbons (Fsp3) is 0.500. The lowest BCUT2D eigenvalue weighted by atomic mass is 9.84. The molecule has 1 aromatic carbocycles. The van der Waals surface area contributed by atoms with E-state index in [1.807, 2.05) is 6.07 Å². The number of benzene rings is 1. The minimum atomic E-state index is 0.274. The molecule has 20 heavy (non-hydrogen) atoms. The Hall–Kier alpha value is -0.590. The molecule has 0 amide bonds. The zero-order valence-electron chi connectivity index (χ0n) is 10.9. The standard InChI is InChI=1S/C14H15Br2N3O/c15-10-5-11(16)14(20)9-6-17-19(13(9)10)12-7-18-3-1-8(12)2-4-18/h5-6,8,12,20H,1-4,7H2/t12-/m1/s1. The van der Waals surface area contributed by atoms with E-state index in [9.17, 15) is 5.11 Å². The second-order valence-corrected chi connectivity index (χ2v) is 7.45. The fourth-order valence-electron chi connectivity index (χ4n) is 3.61. The van der Waals surface area contributed by atoms with Gasteiger partial charge in [-0.05, 0) is 69.8 Å². The highest BCUT2D eigenvalue weighted by molar-refractivity contribution is 9.11. The Kier molecular flexibility index (Phi) is 3.09. The fourth-order valence-corrected chi connectivity index (χ4v) is 4.99. The van der Waals surface area contributed by atoms with Gasteiger partial charge in [0, 0.05) is 11.0 Å². The lowest BCUT2D eigenvalue weighted by Gasteiger charge is -2.44. The number of piperidine rings is 3. The molecule has 3 fully saturated rings. The zero-order valence-corrected chi connectivity index (χ0v) is 14.1. The summed E-state index contributed by atoms with van der Waals surface area (Å²) >= 11 is 7.00. The van der Waals surface area contributed by atoms with Crippen molar-refractivity contribution in [2.45, 2.75) is 18.9 Å². The summed E-state index contributed by atoms with van der Waals surface area (Å²) in [6, 6.07) is 2.32. The second kappa shape index (κ2) is 4.71. The van der Waals surface area contributed by atoms with Crippen molar-refractivity contribution in [2.24, 2.45) is 5.92 Å². The molecule has 2 aromatic rings. The van der Waals surface area contributed by atoms with Crippen LogP contribution in [0.1, 0.15) is 18.9 Å². The SMILES string of the molecule is Oc1c(Br)cc(Br)c2c1cnn2[C@@H]1CN2CCC1CC2. The van der Waals surface area contributed by atoms with Crippen LogP contribution in [0.2, 0.25) is 0 Å². The maximum atomic E-state index is 10.2. The summed E-state index contributed by atoms with van der Waals surface area (Å²) in [6.07, 6.45) is 4.29. The molecule has 5 rings (SSSR count). The summed E-state index contributed by atoms with van der Waals surface area (Å²) in [5.41, 5.74) is 1.00. The predicted octanol–water partition coefficient (Wildman–Crippen LogP) is 3.53. The summed E-state index contributed by atoms with van der Waals surface area (Å²) < 4.78 is 3.79. The second-order valence-electron chi connectivity index (χ2n) is 5.75. The van der Waals surface area contributed by atoms with Crippen molar-refractivity contribution in [3.63, 3.8) is 0 Å². The van der Waals surface area contributed by atoms with Crippen molar-refractivity contribution in [3.8, 4) is 5.75 Å². The zero-order chi connectivity index (χ0) is 13.9. The molecule has 0 saturated carbocycles. The van der Waals surface area contributed by atoms with Gasteiger partial charge in [0.1, 0.15) is 5.75 Å². The molecule has 0 aliphatic carbocycles. The van der Waals surface area contributed by atoms with Gasteiger partial charge in [0.2, 0.25) is 0 Å². The third-order valence-electron chi connectivity index (χ3n) is 4.69. The van der Waals surface area contributed by atoms with Gasteiger partial charge in [-0.2, -0.15) is 5.10 Å². The first-order valence-corrected chi connectivity index (χ1v) is 8.50. The van der Waals surface area contributed by atoms with Crippen molar-refractivity contribution >= 4 is 42.8 Å². The van der Waals surface area contributed by atoms with E-state index in [4.69, 9.17) is 0 Å². The minimum absolute atomic E-state index is 0.274. The number of fused-ring (bicyclic) bond motifs is 4. The van der Waals surface area contributed by atoms with Gasteiger partial charge in [-0.15, -0.1) is 0 Å². The van der Waals surface area contributed by atoms with Gasteiger partial charge in [0.05, 0.1) is 27.6 Å². The molecule has 3 aliphatic rings. The third kappa shape index (κ3) is 1.84. The predicted molar refractivity (Wildman–Crippen MR) is 85.0 cm³/mol. The van der Waals surface area contributed by atoms with Crippen molar-refractivity contribution in [2.75, 3.05) is 19.6 Å². The van der Waals surface area contributed by atoms with Gasteiger partial charge in [-0.25, -0.2) is 0 Å². The summed E-state index contributed by atoms with van der Waals surface area (Å²) in [7, 11) is 0. The number of aromatic nitrogens is 2. The number of rotatable bonds is 1. The Bertz CT molecular complexity index is 677. The van der Waals surface area contributed by atoms with Gasteiger partial charge in [-0.1, -0.05) is 0 Å². The van der Waals surface area contributed by atoms with E-state index in [0.717, 1.165) is 21.9 Å². The number of hydrogen-bond donors (Lipinski definition) is 1. The topological polar surface area (TPSA) is 41.3 Å². The number of nitrogens with zero attached hydrogens (tertiary/aromatic N) is 3. The molecule has 0 unspecified atom stereocenters. The van der Waals surface area contributed by atoms with E-state index in [1.54, 1.807) is 6.20 Å². The first-order valence-electron chi connectivity index (χ1n) is 6.91. The summed E-state index contributed by atoms with van der Waals surface area (Å²) in [5.74, 6) is 0.983. The Morgan fingerprint density at radius 3 is 2.60 bits per heavy atom. The normalized spacial score (nSPS) is 29.2. The van der Waals surface area contributed by atoms with Crippen molar-refractivity contribution < 1.29 is 5.11 Å². The van der Waals surface area contributed by atoms with Crippen LogP contribution in [0, 0.1) is 5.92 Å². The molecule has 4 heterocycles. The van der Waals surface area contributed by atoms with Gasteiger partial charge < -0.3 is 10.0 Å². The quantitative estimate of drug-likeness (QED) is 0.795. The van der Waals surface area contributed by atoms with Crippen LogP contribution >= 0.6 is 31.9 Å². The van der Waals surface area contributed by atoms with Crippen molar-refractivity contribution in [1.82, 2.24) is 14.7 Å². The Morgan fingerprint density at radius 2 is 1.95 bits per heavy atom. The van der Waals surface area contributed by atoms with Gasteiger partial charge in [0.25, 0.3) is 0 Å². The van der Waals surface area contributed by atoms with Crippen LogP contribution in [0.25, 0.3) is 10.9 Å². The molecule has 1 atom stereocenters. The lowest BCUT2D eigenvalue weighted by Crippen LogP contribution is -2.48. The summed E-state index contributed by atoms with van der Waals surface area (Å²) in [5, 5.41) is 15.6. The van der Waals surface area contributed by atoms with Gasteiger partial charge in [-0.3, -0.25) is 4.68 Å². The number of halogens is 2. The largest absolute Gasteiger partial charge is 0.506 e. The van der Waals surface area contributed by atoms with Crippen LogP contribution < -0.4 is 0 Å². The van der Waals surface area contributed by atoms with Gasteiger partial charge in [0.15, 0.2) is 0 Å². The van der Waals surface area contributed by atoms with Crippen LogP contribution in [0.15, 0.2) is 21.2 Å². The third-order valence-corrected chi connectivity index (χ3v) is 5.90. The van der Waals surface area contributed by atoms with E-state index in [1.165, 1.54) is 25.9 Å². The highest BCUT2D eigenvalue weighted by Gasteiger charge is 2.36. The number of hydrogen-bond acceptors (Lipinski definition) is 3. The summed E-state index contributed by atoms with van der Waals surface area (Å²) in [4.78, 5) is 2.52. The molecule has 1 aromatic heterocycles. The number of phenols is 1. The molecule has 106 valence electrons. The maximum Gasteiger partial charge on any atom is 0.140 e. The molecular weight excluding hydrogens is 386 g/mol. The van der Waals surface area contributed by atoms with Gasteiger partial charge >= 0.3 is 0 Å². The highest BCUT2D eigenvalue weighted by Crippen LogP contribution is 2.42. The number of aromatic hydroxyl groups is 1. The summed E-state index contributed by atoms with van der Waals surface area (Å²) in [6.45, 7) is 3.52. The monoisotopic (exact) mass is 399 g/mol. The first-order chi connectivity index (χ1) is 9.65. The van der Waals surface area contributed by atoms with E-state index in [2.05, 4.69) is 46.5 Å². The molecule has 2 bridgehead atoms. The van der Waals surface area contributed by atoms with E-state index < -0.39 is 0 Å². The average Bonchev–Trinajstić information content (AvgIpc) is 2.91. The van der Waals surface area contributed by atoms with E-state index in [-0.39, 0.29) is 5.75 Å². The van der Waals surface area contributed by atoms with Crippen LogP contribution in [0.5, 0.6) is 5.75 Å². The van der Waals surface area contributed by atoms with Crippen LogP contribution in [-0.2, 0) is 0 Å².